The number of aliphatic carboxylic acids is 1. The lowest BCUT2D eigenvalue weighted by Crippen LogP contribution is -2.49. The molecular formula is C30H33N5O5. The van der Waals surface area contributed by atoms with Crippen LogP contribution in [0.5, 0.6) is 5.75 Å². The van der Waals surface area contributed by atoms with Gasteiger partial charge in [0.15, 0.2) is 0 Å². The first-order valence-electron chi connectivity index (χ1n) is 13.8. The second kappa shape index (κ2) is 11.8. The Bertz CT molecular complexity index is 1430. The van der Waals surface area contributed by atoms with E-state index in [0.29, 0.717) is 60.9 Å². The van der Waals surface area contributed by atoms with Crippen LogP contribution in [-0.4, -0.2) is 57.4 Å². The normalized spacial score (nSPS) is 17.6. The number of benzene rings is 2. The highest BCUT2D eigenvalue weighted by Gasteiger charge is 2.29. The lowest BCUT2D eigenvalue weighted by molar-refractivity contribution is -0.143. The molecule has 2 amide bonds. The smallest absolute Gasteiger partial charge is 0.317 e. The number of likely N-dealkylation sites (tertiary alicyclic amines) is 1. The summed E-state index contributed by atoms with van der Waals surface area (Å²) in [7, 11) is 0. The molecule has 1 aromatic heterocycles. The summed E-state index contributed by atoms with van der Waals surface area (Å²) in [5.41, 5.74) is 4.23. The molecule has 1 atom stereocenters. The molecular weight excluding hydrogens is 510 g/mol. The molecule has 5 rings (SSSR count). The van der Waals surface area contributed by atoms with Gasteiger partial charge in [-0.3, -0.25) is 4.79 Å². The molecule has 2 N–H and O–H groups in total. The summed E-state index contributed by atoms with van der Waals surface area (Å²) in [6.45, 7) is 4.73. The maximum absolute atomic E-state index is 12.9. The Labute approximate surface area is 232 Å². The highest BCUT2D eigenvalue weighted by atomic mass is 16.5. The van der Waals surface area contributed by atoms with E-state index in [1.54, 1.807) is 23.1 Å². The Morgan fingerprint density at radius 1 is 1.20 bits per heavy atom. The molecule has 1 aliphatic heterocycles. The van der Waals surface area contributed by atoms with Crippen molar-refractivity contribution in [2.24, 2.45) is 5.92 Å². The number of nitrogens with one attached hydrogen (secondary N) is 1. The highest BCUT2D eigenvalue weighted by molar-refractivity contribution is 5.76. The maximum Gasteiger partial charge on any atom is 0.317 e. The van der Waals surface area contributed by atoms with Gasteiger partial charge >= 0.3 is 12.0 Å². The Hall–Kier alpha value is -4.39. The molecule has 40 heavy (non-hydrogen) atoms. The quantitative estimate of drug-likeness (QED) is 0.422. The number of hydrogen-bond acceptors (Lipinski definition) is 7. The van der Waals surface area contributed by atoms with Crippen LogP contribution in [0, 0.1) is 17.2 Å². The Kier molecular flexibility index (Phi) is 8.01. The van der Waals surface area contributed by atoms with E-state index in [1.165, 1.54) is 0 Å². The zero-order valence-electron chi connectivity index (χ0n) is 22.7. The number of carbonyl (C=O) groups is 2. The topological polar surface area (TPSA) is 142 Å². The summed E-state index contributed by atoms with van der Waals surface area (Å²) in [6, 6.07) is 13.3. The van der Waals surface area contributed by atoms with Crippen molar-refractivity contribution < 1.29 is 24.0 Å². The molecule has 0 bridgehead atoms. The molecule has 208 valence electrons. The average molecular weight is 544 g/mol. The Morgan fingerprint density at radius 3 is 2.73 bits per heavy atom. The molecule has 1 fully saturated rings. The van der Waals surface area contributed by atoms with E-state index in [-0.39, 0.29) is 24.1 Å². The molecule has 10 nitrogen and oxygen atoms in total. The van der Waals surface area contributed by atoms with Crippen LogP contribution in [0.2, 0.25) is 0 Å². The number of piperidine rings is 1. The molecule has 2 aromatic carbocycles. The number of amides is 2. The summed E-state index contributed by atoms with van der Waals surface area (Å²) in [4.78, 5) is 30.5. The zero-order chi connectivity index (χ0) is 28.2. The van der Waals surface area contributed by atoms with Crippen molar-refractivity contribution >= 4 is 12.0 Å². The molecule has 1 saturated heterocycles. The molecule has 0 saturated carbocycles. The van der Waals surface area contributed by atoms with E-state index in [0.717, 1.165) is 36.0 Å². The summed E-state index contributed by atoms with van der Waals surface area (Å²) < 4.78 is 11.3. The molecule has 2 heterocycles. The Balaban J connectivity index is 1.30. The van der Waals surface area contributed by atoms with E-state index in [2.05, 4.69) is 27.6 Å². The number of ether oxygens (including phenoxy) is 1. The number of rotatable bonds is 6. The van der Waals surface area contributed by atoms with E-state index < -0.39 is 5.97 Å². The van der Waals surface area contributed by atoms with E-state index in [9.17, 15) is 20.0 Å². The first-order valence-corrected chi connectivity index (χ1v) is 13.8. The fraction of sp³-hybridized carbons (Fsp3) is 0.433. The minimum Gasteiger partial charge on any atom is -0.490 e. The minimum absolute atomic E-state index is 0.0157. The van der Waals surface area contributed by atoms with Gasteiger partial charge in [-0.05, 0) is 81.7 Å². The van der Waals surface area contributed by atoms with Gasteiger partial charge in [-0.25, -0.2) is 4.79 Å². The van der Waals surface area contributed by atoms with Crippen molar-refractivity contribution in [1.82, 2.24) is 20.4 Å². The van der Waals surface area contributed by atoms with Crippen molar-refractivity contribution in [3.05, 3.63) is 53.1 Å². The fourth-order valence-corrected chi connectivity index (χ4v) is 5.50. The number of hydrogen-bond donors (Lipinski definition) is 2. The van der Waals surface area contributed by atoms with Gasteiger partial charge in [-0.1, -0.05) is 23.4 Å². The molecule has 10 heteroatoms. The number of carboxylic acids is 1. The summed E-state index contributed by atoms with van der Waals surface area (Å²) in [5.74, 6) is 0.165. The third kappa shape index (κ3) is 5.93. The van der Waals surface area contributed by atoms with Crippen LogP contribution in [0.4, 0.5) is 4.79 Å². The maximum atomic E-state index is 12.9. The van der Waals surface area contributed by atoms with Crippen molar-refractivity contribution in [1.29, 1.82) is 5.26 Å². The SMILES string of the molecule is CC(C)Oc1ccc(-c2nc(-c3cccc4c3CCCC(NC(=O)N3CCC(C(=O)O)CC3)C4)no2)cc1C#N. The lowest BCUT2D eigenvalue weighted by atomic mass is 9.96. The van der Waals surface area contributed by atoms with Crippen molar-refractivity contribution in [2.45, 2.75) is 64.5 Å². The summed E-state index contributed by atoms with van der Waals surface area (Å²) in [5, 5.41) is 26.2. The number of fused-ring (bicyclic) bond motifs is 1. The Morgan fingerprint density at radius 2 is 2.00 bits per heavy atom. The van der Waals surface area contributed by atoms with Crippen LogP contribution in [0.15, 0.2) is 40.9 Å². The van der Waals surface area contributed by atoms with Crippen molar-refractivity contribution in [3.63, 3.8) is 0 Å². The first kappa shape index (κ1) is 27.2. The number of nitrogens with zero attached hydrogens (tertiary/aromatic N) is 4. The van der Waals surface area contributed by atoms with Gasteiger partial charge in [0.05, 0.1) is 17.6 Å². The van der Waals surface area contributed by atoms with Crippen LogP contribution in [0.3, 0.4) is 0 Å². The number of carboxylic acid groups (broad SMARTS) is 1. The monoisotopic (exact) mass is 543 g/mol. The van der Waals surface area contributed by atoms with Gasteiger partial charge < -0.3 is 24.6 Å². The van der Waals surface area contributed by atoms with Crippen LogP contribution in [0.25, 0.3) is 22.8 Å². The third-order valence-corrected chi connectivity index (χ3v) is 7.55. The molecule has 1 aliphatic carbocycles. The first-order chi connectivity index (χ1) is 19.3. The predicted molar refractivity (Wildman–Crippen MR) is 147 cm³/mol. The third-order valence-electron chi connectivity index (χ3n) is 7.55. The molecule has 3 aromatic rings. The predicted octanol–water partition coefficient (Wildman–Crippen LogP) is 4.82. The fourth-order valence-electron chi connectivity index (χ4n) is 5.50. The average Bonchev–Trinajstić information content (AvgIpc) is 3.34. The van der Waals surface area contributed by atoms with Crippen molar-refractivity contribution in [3.8, 4) is 34.7 Å². The minimum atomic E-state index is -0.786. The van der Waals surface area contributed by atoms with E-state index >= 15 is 0 Å². The van der Waals surface area contributed by atoms with Crippen LogP contribution >= 0.6 is 0 Å². The van der Waals surface area contributed by atoms with Crippen LogP contribution < -0.4 is 10.1 Å². The van der Waals surface area contributed by atoms with Gasteiger partial charge in [0, 0.05) is 30.3 Å². The second-order valence-electron chi connectivity index (χ2n) is 10.7. The van der Waals surface area contributed by atoms with Gasteiger partial charge in [-0.15, -0.1) is 0 Å². The number of aromatic nitrogens is 2. The number of urea groups is 1. The largest absolute Gasteiger partial charge is 0.490 e. The zero-order valence-corrected chi connectivity index (χ0v) is 22.7. The van der Waals surface area contributed by atoms with Crippen molar-refractivity contribution in [2.75, 3.05) is 13.1 Å². The summed E-state index contributed by atoms with van der Waals surface area (Å²) >= 11 is 0. The van der Waals surface area contributed by atoms with Gasteiger partial charge in [0.25, 0.3) is 5.89 Å². The molecule has 2 aliphatic rings. The van der Waals surface area contributed by atoms with Gasteiger partial charge in [0.1, 0.15) is 11.8 Å². The number of carbonyl (C=O) groups excluding carboxylic acids is 1. The van der Waals surface area contributed by atoms with Crippen LogP contribution in [-0.2, 0) is 17.6 Å². The van der Waals surface area contributed by atoms with Crippen LogP contribution in [0.1, 0.15) is 56.2 Å². The standard InChI is InChI=1S/C30H33N5O5/c1-18(2)39-26-10-9-21(15-22(26)17-31)28-33-27(34-40-28)25-8-3-5-20-16-23(6-4-7-24(20)25)32-30(38)35-13-11-19(12-14-35)29(36)37/h3,5,8-10,15,18-19,23H,4,6-7,11-14,16H2,1-2H3,(H,32,38)(H,36,37). The number of nitriles is 1. The summed E-state index contributed by atoms with van der Waals surface area (Å²) in [6.07, 6.45) is 4.17. The molecule has 1 unspecified atom stereocenters. The highest BCUT2D eigenvalue weighted by Crippen LogP contribution is 2.32. The molecule has 0 radical (unpaired) electrons. The van der Waals surface area contributed by atoms with E-state index in [1.807, 2.05) is 26.0 Å². The van der Waals surface area contributed by atoms with Gasteiger partial charge in [0.2, 0.25) is 5.82 Å². The second-order valence-corrected chi connectivity index (χ2v) is 10.7. The van der Waals surface area contributed by atoms with E-state index in [4.69, 9.17) is 9.26 Å². The lowest BCUT2D eigenvalue weighted by Gasteiger charge is -2.31. The molecule has 0 spiro atoms. The van der Waals surface area contributed by atoms with Gasteiger partial charge in [-0.2, -0.15) is 10.2 Å².